The molecule has 90 valence electrons. The number of aromatic amines is 1. The molecule has 1 fully saturated rings. The van der Waals surface area contributed by atoms with E-state index >= 15 is 0 Å². The highest BCUT2D eigenvalue weighted by molar-refractivity contribution is 5.43. The van der Waals surface area contributed by atoms with Gasteiger partial charge in [0, 0.05) is 28.9 Å². The number of hydrogen-bond acceptors (Lipinski definition) is 3. The van der Waals surface area contributed by atoms with Crippen LogP contribution in [0.1, 0.15) is 35.7 Å². The zero-order valence-corrected chi connectivity index (χ0v) is 9.86. The quantitative estimate of drug-likeness (QED) is 0.818. The molecule has 0 atom stereocenters. The predicted octanol–water partition coefficient (Wildman–Crippen LogP) is 0.710. The van der Waals surface area contributed by atoms with Gasteiger partial charge in [-0.1, -0.05) is 0 Å². The summed E-state index contributed by atoms with van der Waals surface area (Å²) in [4.78, 5) is 16.7. The van der Waals surface area contributed by atoms with Crippen LogP contribution in [0.2, 0.25) is 0 Å². The molecule has 0 amide bonds. The van der Waals surface area contributed by atoms with Gasteiger partial charge in [-0.2, -0.15) is 0 Å². The van der Waals surface area contributed by atoms with E-state index in [1.165, 1.54) is 12.8 Å². The second-order valence-electron chi connectivity index (χ2n) is 4.70. The number of nitrogens with two attached hydrogens (primary N) is 1. The minimum absolute atomic E-state index is 0.00940. The molecule has 2 aromatic rings. The summed E-state index contributed by atoms with van der Waals surface area (Å²) in [5.41, 5.74) is 8.86. The van der Waals surface area contributed by atoms with E-state index < -0.39 is 0 Å². The number of aromatic nitrogens is 3. The summed E-state index contributed by atoms with van der Waals surface area (Å²) in [5.74, 6) is 0.592. The summed E-state index contributed by atoms with van der Waals surface area (Å²) in [7, 11) is 0. The lowest BCUT2D eigenvalue weighted by molar-refractivity contribution is 0.812. The van der Waals surface area contributed by atoms with Crippen LogP contribution in [0.5, 0.6) is 0 Å². The highest BCUT2D eigenvalue weighted by atomic mass is 16.1. The van der Waals surface area contributed by atoms with E-state index in [2.05, 4.69) is 10.1 Å². The Morgan fingerprint density at radius 1 is 1.59 bits per heavy atom. The van der Waals surface area contributed by atoms with E-state index in [-0.39, 0.29) is 5.56 Å². The monoisotopic (exact) mass is 232 g/mol. The van der Waals surface area contributed by atoms with Crippen molar-refractivity contribution in [3.05, 3.63) is 33.4 Å². The Balaban J connectivity index is 2.21. The third kappa shape index (κ3) is 1.67. The molecule has 1 aliphatic carbocycles. The van der Waals surface area contributed by atoms with Crippen LogP contribution in [0, 0.1) is 6.92 Å². The summed E-state index contributed by atoms with van der Waals surface area (Å²) in [6, 6.07) is 1.98. The highest BCUT2D eigenvalue weighted by Gasteiger charge is 2.26. The smallest absolute Gasteiger partial charge is 0.276 e. The zero-order valence-electron chi connectivity index (χ0n) is 9.86. The van der Waals surface area contributed by atoms with Crippen LogP contribution < -0.4 is 11.3 Å². The van der Waals surface area contributed by atoms with Crippen LogP contribution in [-0.2, 0) is 6.42 Å². The number of fused-ring (bicyclic) bond motifs is 1. The molecule has 0 bridgehead atoms. The first kappa shape index (κ1) is 10.5. The molecule has 0 aliphatic heterocycles. The second kappa shape index (κ2) is 3.70. The lowest BCUT2D eigenvalue weighted by atomic mass is 10.2. The number of nitrogens with one attached hydrogen (secondary N) is 1. The van der Waals surface area contributed by atoms with Crippen molar-refractivity contribution in [1.82, 2.24) is 14.6 Å². The molecule has 3 rings (SSSR count). The normalized spacial score (nSPS) is 15.6. The van der Waals surface area contributed by atoms with Gasteiger partial charge in [-0.25, -0.2) is 9.50 Å². The number of hydrogen-bond donors (Lipinski definition) is 2. The fourth-order valence-corrected chi connectivity index (χ4v) is 2.22. The zero-order chi connectivity index (χ0) is 12.0. The van der Waals surface area contributed by atoms with E-state index in [9.17, 15) is 4.79 Å². The van der Waals surface area contributed by atoms with Gasteiger partial charge >= 0.3 is 0 Å². The Morgan fingerprint density at radius 2 is 2.35 bits per heavy atom. The lowest BCUT2D eigenvalue weighted by Crippen LogP contribution is -2.23. The first-order valence-corrected chi connectivity index (χ1v) is 6.02. The topological polar surface area (TPSA) is 76.2 Å². The first-order valence-electron chi connectivity index (χ1n) is 6.02. The molecule has 1 aliphatic rings. The molecule has 1 saturated carbocycles. The molecule has 0 spiro atoms. The molecule has 5 heteroatoms. The molecule has 0 aromatic carbocycles. The third-order valence-electron chi connectivity index (χ3n) is 3.35. The Bertz CT molecular complexity index is 621. The van der Waals surface area contributed by atoms with Crippen molar-refractivity contribution in [3.63, 3.8) is 0 Å². The minimum atomic E-state index is -0.00940. The van der Waals surface area contributed by atoms with Gasteiger partial charge in [-0.15, -0.1) is 0 Å². The van der Waals surface area contributed by atoms with E-state index in [1.807, 2.05) is 13.0 Å². The van der Waals surface area contributed by atoms with Crippen molar-refractivity contribution in [2.24, 2.45) is 5.73 Å². The van der Waals surface area contributed by atoms with Gasteiger partial charge < -0.3 is 5.73 Å². The first-order chi connectivity index (χ1) is 8.20. The van der Waals surface area contributed by atoms with Gasteiger partial charge in [0.1, 0.15) is 0 Å². The van der Waals surface area contributed by atoms with Crippen LogP contribution in [0.3, 0.4) is 0 Å². The van der Waals surface area contributed by atoms with Crippen LogP contribution in [0.15, 0.2) is 10.9 Å². The molecule has 2 heterocycles. The Kier molecular flexibility index (Phi) is 2.29. The second-order valence-corrected chi connectivity index (χ2v) is 4.70. The Hall–Kier alpha value is -1.62. The van der Waals surface area contributed by atoms with Crippen molar-refractivity contribution >= 4 is 5.65 Å². The number of H-pyrrole nitrogens is 1. The SMILES string of the molecule is Cc1nc2cc(C3CC3)[nH]n2c(=O)c1CCN. The molecule has 0 radical (unpaired) electrons. The van der Waals surface area contributed by atoms with Gasteiger partial charge in [-0.05, 0) is 32.7 Å². The summed E-state index contributed by atoms with van der Waals surface area (Å²) in [5, 5.41) is 3.15. The molecule has 0 unspecified atom stereocenters. The summed E-state index contributed by atoms with van der Waals surface area (Å²) >= 11 is 0. The van der Waals surface area contributed by atoms with Crippen molar-refractivity contribution in [2.45, 2.75) is 32.1 Å². The maximum atomic E-state index is 12.2. The summed E-state index contributed by atoms with van der Waals surface area (Å²) < 4.78 is 1.55. The van der Waals surface area contributed by atoms with Crippen molar-refractivity contribution in [3.8, 4) is 0 Å². The molecular weight excluding hydrogens is 216 g/mol. The van der Waals surface area contributed by atoms with Crippen molar-refractivity contribution < 1.29 is 0 Å². The van der Waals surface area contributed by atoms with Crippen LogP contribution in [0.25, 0.3) is 5.65 Å². The molecule has 0 saturated heterocycles. The average Bonchev–Trinajstić information content (AvgIpc) is 3.06. The Labute approximate surface area is 98.6 Å². The highest BCUT2D eigenvalue weighted by Crippen LogP contribution is 2.39. The average molecular weight is 232 g/mol. The molecule has 17 heavy (non-hydrogen) atoms. The lowest BCUT2D eigenvalue weighted by Gasteiger charge is -2.03. The van der Waals surface area contributed by atoms with Crippen LogP contribution >= 0.6 is 0 Å². The van der Waals surface area contributed by atoms with Gasteiger partial charge in [0.25, 0.3) is 5.56 Å². The third-order valence-corrected chi connectivity index (χ3v) is 3.35. The summed E-state index contributed by atoms with van der Waals surface area (Å²) in [6.07, 6.45) is 2.99. The van der Waals surface area contributed by atoms with Crippen molar-refractivity contribution in [2.75, 3.05) is 6.54 Å². The fourth-order valence-electron chi connectivity index (χ4n) is 2.22. The maximum absolute atomic E-state index is 12.2. The molecule has 3 N–H and O–H groups in total. The Morgan fingerprint density at radius 3 is 3.00 bits per heavy atom. The minimum Gasteiger partial charge on any atom is -0.330 e. The van der Waals surface area contributed by atoms with Crippen molar-refractivity contribution in [1.29, 1.82) is 0 Å². The number of nitrogens with zero attached hydrogens (tertiary/aromatic N) is 2. The molecule has 5 nitrogen and oxygen atoms in total. The van der Waals surface area contributed by atoms with Crippen LogP contribution in [0.4, 0.5) is 0 Å². The molecular formula is C12H16N4O. The number of aryl methyl sites for hydroxylation is 1. The van der Waals surface area contributed by atoms with E-state index in [4.69, 9.17) is 5.73 Å². The maximum Gasteiger partial charge on any atom is 0.276 e. The predicted molar refractivity (Wildman–Crippen MR) is 65.3 cm³/mol. The van der Waals surface area contributed by atoms with Gasteiger partial charge in [0.05, 0.1) is 0 Å². The van der Waals surface area contributed by atoms with Gasteiger partial charge in [0.2, 0.25) is 0 Å². The summed E-state index contributed by atoms with van der Waals surface area (Å²) in [6.45, 7) is 2.34. The van der Waals surface area contributed by atoms with E-state index in [0.29, 0.717) is 24.4 Å². The standard InChI is InChI=1S/C12H16N4O/c1-7-9(4-5-13)12(17)16-11(14-7)6-10(15-16)8-2-3-8/h6,8,15H,2-5,13H2,1H3. The van der Waals surface area contributed by atoms with Gasteiger partial charge in [0.15, 0.2) is 5.65 Å². The van der Waals surface area contributed by atoms with Crippen LogP contribution in [-0.4, -0.2) is 21.1 Å². The molecule has 2 aromatic heterocycles. The van der Waals surface area contributed by atoms with E-state index in [1.54, 1.807) is 4.52 Å². The fraction of sp³-hybridized carbons (Fsp3) is 0.500. The largest absolute Gasteiger partial charge is 0.330 e. The van der Waals surface area contributed by atoms with E-state index in [0.717, 1.165) is 17.0 Å². The van der Waals surface area contributed by atoms with Gasteiger partial charge in [-0.3, -0.25) is 9.89 Å². The number of rotatable bonds is 3.